The third-order valence-electron chi connectivity index (χ3n) is 4.28. The monoisotopic (exact) mass is 407 g/mol. The van der Waals surface area contributed by atoms with Gasteiger partial charge in [0, 0.05) is 54.6 Å². The molecule has 0 aliphatic rings. The van der Waals surface area contributed by atoms with Crippen molar-refractivity contribution in [2.75, 3.05) is 5.75 Å². The molecule has 0 fully saturated rings. The third-order valence-corrected chi connectivity index (χ3v) is 5.33. The number of rotatable bonds is 9. The number of hydrogen-bond acceptors (Lipinski definition) is 8. The van der Waals surface area contributed by atoms with Crippen molar-refractivity contribution < 1.29 is 4.52 Å². The predicted molar refractivity (Wildman–Crippen MR) is 110 cm³/mol. The van der Waals surface area contributed by atoms with Crippen molar-refractivity contribution in [3.8, 4) is 22.8 Å². The van der Waals surface area contributed by atoms with Gasteiger partial charge in [0.15, 0.2) is 11.0 Å². The molecule has 0 saturated heterocycles. The molecule has 0 aromatic carbocycles. The topological polar surface area (TPSA) is 95.4 Å². The SMILES string of the molecule is CCCn1c(SCCCc2nc(-c3ccncc3)no2)nnc1-c1ccncc1. The zero-order chi connectivity index (χ0) is 19.9. The standard InChI is InChI=1S/C20H21N7OS/c1-2-13-27-19(16-7-11-22-12-8-16)24-25-20(27)29-14-3-4-17-23-18(26-28-17)15-5-9-21-10-6-15/h5-12H,2-4,13-14H2,1H3. The molecule has 148 valence electrons. The minimum absolute atomic E-state index is 0.597. The highest BCUT2D eigenvalue weighted by molar-refractivity contribution is 7.99. The zero-order valence-corrected chi connectivity index (χ0v) is 16.9. The van der Waals surface area contributed by atoms with E-state index in [1.54, 1.807) is 36.5 Å². The normalized spacial score (nSPS) is 11.1. The van der Waals surface area contributed by atoms with Gasteiger partial charge in [0.1, 0.15) is 0 Å². The van der Waals surface area contributed by atoms with Crippen molar-refractivity contribution in [2.45, 2.75) is 37.9 Å². The Morgan fingerprint density at radius 1 is 0.966 bits per heavy atom. The number of aryl methyl sites for hydroxylation is 1. The largest absolute Gasteiger partial charge is 0.339 e. The van der Waals surface area contributed by atoms with E-state index in [9.17, 15) is 0 Å². The number of thioether (sulfide) groups is 1. The Morgan fingerprint density at radius 3 is 2.41 bits per heavy atom. The molecule has 4 aromatic heterocycles. The molecule has 0 amide bonds. The van der Waals surface area contributed by atoms with Crippen LogP contribution in [0.25, 0.3) is 22.8 Å². The number of hydrogen-bond donors (Lipinski definition) is 0. The van der Waals surface area contributed by atoms with E-state index >= 15 is 0 Å². The van der Waals surface area contributed by atoms with Gasteiger partial charge in [-0.15, -0.1) is 10.2 Å². The van der Waals surface area contributed by atoms with Gasteiger partial charge in [-0.25, -0.2) is 0 Å². The van der Waals surface area contributed by atoms with Gasteiger partial charge in [-0.05, 0) is 37.1 Å². The number of pyridine rings is 2. The zero-order valence-electron chi connectivity index (χ0n) is 16.1. The van der Waals surface area contributed by atoms with E-state index < -0.39 is 0 Å². The average molecular weight is 408 g/mol. The second kappa shape index (κ2) is 9.42. The molecule has 0 N–H and O–H groups in total. The Hall–Kier alpha value is -3.07. The predicted octanol–water partition coefficient (Wildman–Crippen LogP) is 3.92. The maximum atomic E-state index is 5.37. The summed E-state index contributed by atoms with van der Waals surface area (Å²) in [6.45, 7) is 3.03. The second-order valence-electron chi connectivity index (χ2n) is 6.39. The van der Waals surface area contributed by atoms with Crippen LogP contribution >= 0.6 is 11.8 Å². The highest BCUT2D eigenvalue weighted by atomic mass is 32.2. The maximum Gasteiger partial charge on any atom is 0.226 e. The van der Waals surface area contributed by atoms with Gasteiger partial charge in [-0.3, -0.25) is 9.97 Å². The summed E-state index contributed by atoms with van der Waals surface area (Å²) in [6, 6.07) is 7.65. The fourth-order valence-electron chi connectivity index (χ4n) is 2.90. The Kier molecular flexibility index (Phi) is 6.25. The van der Waals surface area contributed by atoms with Gasteiger partial charge < -0.3 is 9.09 Å². The molecule has 0 radical (unpaired) electrons. The van der Waals surface area contributed by atoms with Gasteiger partial charge in [0.2, 0.25) is 11.7 Å². The lowest BCUT2D eigenvalue weighted by atomic mass is 10.2. The summed E-state index contributed by atoms with van der Waals surface area (Å²) in [5.74, 6) is 3.02. The Morgan fingerprint density at radius 2 is 1.69 bits per heavy atom. The van der Waals surface area contributed by atoms with Crippen molar-refractivity contribution in [1.29, 1.82) is 0 Å². The summed E-state index contributed by atoms with van der Waals surface area (Å²) in [5, 5.41) is 13.8. The van der Waals surface area contributed by atoms with Crippen molar-refractivity contribution in [3.05, 3.63) is 54.9 Å². The molecule has 0 aliphatic carbocycles. The first-order chi connectivity index (χ1) is 14.3. The first kappa shape index (κ1) is 19.3. The highest BCUT2D eigenvalue weighted by Crippen LogP contribution is 2.25. The Bertz CT molecular complexity index is 1030. The molecule has 8 nitrogen and oxygen atoms in total. The van der Waals surface area contributed by atoms with Crippen LogP contribution in [0.2, 0.25) is 0 Å². The van der Waals surface area contributed by atoms with E-state index in [0.29, 0.717) is 11.7 Å². The Labute approximate surface area is 172 Å². The molecule has 0 spiro atoms. The van der Waals surface area contributed by atoms with E-state index in [1.165, 1.54) is 0 Å². The molecular weight excluding hydrogens is 386 g/mol. The molecule has 0 bridgehead atoms. The average Bonchev–Trinajstić information content (AvgIpc) is 3.40. The van der Waals surface area contributed by atoms with E-state index in [1.807, 2.05) is 24.3 Å². The fraction of sp³-hybridized carbons (Fsp3) is 0.300. The van der Waals surface area contributed by atoms with Crippen LogP contribution in [0.15, 0.2) is 58.7 Å². The Balaban J connectivity index is 1.35. The van der Waals surface area contributed by atoms with Crippen LogP contribution in [-0.4, -0.2) is 40.6 Å². The van der Waals surface area contributed by atoms with E-state index in [4.69, 9.17) is 4.52 Å². The van der Waals surface area contributed by atoms with Gasteiger partial charge >= 0.3 is 0 Å². The lowest BCUT2D eigenvalue weighted by Gasteiger charge is -2.08. The van der Waals surface area contributed by atoms with Crippen LogP contribution in [0, 0.1) is 0 Å². The summed E-state index contributed by atoms with van der Waals surface area (Å²) < 4.78 is 7.54. The van der Waals surface area contributed by atoms with Gasteiger partial charge in [-0.1, -0.05) is 23.8 Å². The maximum absolute atomic E-state index is 5.37. The molecule has 4 aromatic rings. The van der Waals surface area contributed by atoms with Crippen LogP contribution < -0.4 is 0 Å². The first-order valence-electron chi connectivity index (χ1n) is 9.54. The molecule has 4 heterocycles. The number of nitrogens with zero attached hydrogens (tertiary/aromatic N) is 7. The minimum Gasteiger partial charge on any atom is -0.339 e. The molecule has 9 heteroatoms. The molecule has 0 unspecified atom stereocenters. The van der Waals surface area contributed by atoms with Crippen LogP contribution in [0.1, 0.15) is 25.7 Å². The van der Waals surface area contributed by atoms with E-state index in [2.05, 4.69) is 41.8 Å². The first-order valence-corrected chi connectivity index (χ1v) is 10.5. The molecular formula is C20H21N7OS. The molecule has 4 rings (SSSR count). The van der Waals surface area contributed by atoms with Crippen molar-refractivity contribution in [3.63, 3.8) is 0 Å². The quantitative estimate of drug-likeness (QED) is 0.304. The molecule has 0 saturated carbocycles. The molecule has 0 aliphatic heterocycles. The summed E-state index contributed by atoms with van der Waals surface area (Å²) >= 11 is 1.70. The van der Waals surface area contributed by atoms with E-state index in [-0.39, 0.29) is 0 Å². The summed E-state index contributed by atoms with van der Waals surface area (Å²) in [4.78, 5) is 12.5. The molecule has 29 heavy (non-hydrogen) atoms. The van der Waals surface area contributed by atoms with Crippen molar-refractivity contribution in [2.24, 2.45) is 0 Å². The van der Waals surface area contributed by atoms with Gasteiger partial charge in [0.25, 0.3) is 0 Å². The van der Waals surface area contributed by atoms with Crippen LogP contribution in [0.4, 0.5) is 0 Å². The van der Waals surface area contributed by atoms with Crippen molar-refractivity contribution in [1.82, 2.24) is 34.9 Å². The lowest BCUT2D eigenvalue weighted by Crippen LogP contribution is -2.02. The van der Waals surface area contributed by atoms with Gasteiger partial charge in [0.05, 0.1) is 0 Å². The smallest absolute Gasteiger partial charge is 0.226 e. The lowest BCUT2D eigenvalue weighted by molar-refractivity contribution is 0.378. The summed E-state index contributed by atoms with van der Waals surface area (Å²) in [6.07, 6.45) is 9.64. The molecule has 0 atom stereocenters. The minimum atomic E-state index is 0.597. The number of aromatic nitrogens is 7. The van der Waals surface area contributed by atoms with Crippen LogP contribution in [0.3, 0.4) is 0 Å². The fourth-order valence-corrected chi connectivity index (χ4v) is 3.80. The van der Waals surface area contributed by atoms with Crippen molar-refractivity contribution >= 4 is 11.8 Å². The highest BCUT2D eigenvalue weighted by Gasteiger charge is 2.14. The van der Waals surface area contributed by atoms with Crippen LogP contribution in [0.5, 0.6) is 0 Å². The second-order valence-corrected chi connectivity index (χ2v) is 7.46. The van der Waals surface area contributed by atoms with Crippen LogP contribution in [-0.2, 0) is 13.0 Å². The summed E-state index contributed by atoms with van der Waals surface area (Å²) in [7, 11) is 0. The third kappa shape index (κ3) is 4.68. The van der Waals surface area contributed by atoms with E-state index in [0.717, 1.165) is 53.7 Å². The van der Waals surface area contributed by atoms with Gasteiger partial charge in [-0.2, -0.15) is 4.98 Å². The summed E-state index contributed by atoms with van der Waals surface area (Å²) in [5.41, 5.74) is 1.93.